The SMILES string of the molecule is CCOc1ccc(CCC(=O)NC2CCCCC2C)cc1N. The summed E-state index contributed by atoms with van der Waals surface area (Å²) in [6, 6.07) is 6.13. The van der Waals surface area contributed by atoms with Gasteiger partial charge >= 0.3 is 0 Å². The van der Waals surface area contributed by atoms with Crippen molar-refractivity contribution in [3.8, 4) is 5.75 Å². The van der Waals surface area contributed by atoms with E-state index in [0.717, 1.165) is 12.0 Å². The van der Waals surface area contributed by atoms with Crippen molar-refractivity contribution in [2.45, 2.75) is 58.4 Å². The van der Waals surface area contributed by atoms with Gasteiger partial charge in [-0.15, -0.1) is 0 Å². The summed E-state index contributed by atoms with van der Waals surface area (Å²) in [5, 5.41) is 3.19. The molecular weight excluding hydrogens is 276 g/mol. The number of nitrogen functional groups attached to an aromatic ring is 1. The summed E-state index contributed by atoms with van der Waals surface area (Å²) in [5.74, 6) is 1.46. The zero-order valence-electron chi connectivity index (χ0n) is 13.7. The maximum atomic E-state index is 12.1. The second kappa shape index (κ2) is 8.06. The van der Waals surface area contributed by atoms with Crippen LogP contribution in [-0.2, 0) is 11.2 Å². The Morgan fingerprint density at radius 1 is 1.36 bits per heavy atom. The zero-order valence-corrected chi connectivity index (χ0v) is 13.7. The number of benzene rings is 1. The van der Waals surface area contributed by atoms with E-state index in [-0.39, 0.29) is 5.91 Å². The van der Waals surface area contributed by atoms with E-state index in [2.05, 4.69) is 12.2 Å². The Kier molecular flexibility index (Phi) is 6.10. The van der Waals surface area contributed by atoms with Crippen LogP contribution in [-0.4, -0.2) is 18.6 Å². The van der Waals surface area contributed by atoms with Crippen LogP contribution >= 0.6 is 0 Å². The van der Waals surface area contributed by atoms with Crippen LogP contribution in [0.15, 0.2) is 18.2 Å². The minimum absolute atomic E-state index is 0.145. The first kappa shape index (κ1) is 16.7. The predicted octanol–water partition coefficient (Wildman–Crippen LogP) is 3.30. The summed E-state index contributed by atoms with van der Waals surface area (Å²) in [4.78, 5) is 12.1. The molecule has 3 N–H and O–H groups in total. The van der Waals surface area contributed by atoms with E-state index >= 15 is 0 Å². The number of nitrogens with two attached hydrogens (primary N) is 1. The number of amides is 1. The maximum Gasteiger partial charge on any atom is 0.220 e. The lowest BCUT2D eigenvalue weighted by atomic mass is 9.86. The van der Waals surface area contributed by atoms with Crippen LogP contribution in [0.4, 0.5) is 5.69 Å². The fourth-order valence-electron chi connectivity index (χ4n) is 3.11. The largest absolute Gasteiger partial charge is 0.492 e. The quantitative estimate of drug-likeness (QED) is 0.793. The van der Waals surface area contributed by atoms with Crippen molar-refractivity contribution in [3.05, 3.63) is 23.8 Å². The second-order valence-corrected chi connectivity index (χ2v) is 6.24. The van der Waals surface area contributed by atoms with Gasteiger partial charge in [-0.3, -0.25) is 4.79 Å². The smallest absolute Gasteiger partial charge is 0.220 e. The lowest BCUT2D eigenvalue weighted by Crippen LogP contribution is -2.41. The summed E-state index contributed by atoms with van der Waals surface area (Å²) in [6.07, 6.45) is 6.08. The minimum Gasteiger partial charge on any atom is -0.492 e. The van der Waals surface area contributed by atoms with Crippen molar-refractivity contribution in [1.29, 1.82) is 0 Å². The molecule has 0 heterocycles. The van der Waals surface area contributed by atoms with Gasteiger partial charge in [0, 0.05) is 12.5 Å². The van der Waals surface area contributed by atoms with Gasteiger partial charge in [0.15, 0.2) is 0 Å². The molecule has 1 aliphatic rings. The number of aryl methyl sites for hydroxylation is 1. The Bertz CT molecular complexity index is 502. The summed E-state index contributed by atoms with van der Waals surface area (Å²) in [5.41, 5.74) is 7.67. The maximum absolute atomic E-state index is 12.1. The molecule has 1 aliphatic carbocycles. The Balaban J connectivity index is 1.81. The molecule has 0 radical (unpaired) electrons. The summed E-state index contributed by atoms with van der Waals surface area (Å²) >= 11 is 0. The number of anilines is 1. The number of rotatable bonds is 6. The normalized spacial score (nSPS) is 21.4. The Morgan fingerprint density at radius 2 is 2.14 bits per heavy atom. The predicted molar refractivity (Wildman–Crippen MR) is 89.9 cm³/mol. The van der Waals surface area contributed by atoms with E-state index in [1.54, 1.807) is 0 Å². The number of carbonyl (C=O) groups excluding carboxylic acids is 1. The van der Waals surface area contributed by atoms with Crippen LogP contribution in [0.1, 0.15) is 51.5 Å². The molecule has 1 amide bonds. The molecule has 4 heteroatoms. The van der Waals surface area contributed by atoms with E-state index in [4.69, 9.17) is 10.5 Å². The molecule has 22 heavy (non-hydrogen) atoms. The molecule has 4 nitrogen and oxygen atoms in total. The van der Waals surface area contributed by atoms with E-state index < -0.39 is 0 Å². The van der Waals surface area contributed by atoms with Gasteiger partial charge in [0.25, 0.3) is 0 Å². The highest BCUT2D eigenvalue weighted by atomic mass is 16.5. The molecule has 1 aromatic carbocycles. The van der Waals surface area contributed by atoms with Crippen LogP contribution in [0.5, 0.6) is 5.75 Å². The first-order chi connectivity index (χ1) is 10.6. The second-order valence-electron chi connectivity index (χ2n) is 6.24. The average Bonchev–Trinajstić information content (AvgIpc) is 2.50. The minimum atomic E-state index is 0.145. The van der Waals surface area contributed by atoms with Crippen LogP contribution < -0.4 is 15.8 Å². The molecule has 1 aromatic rings. The Labute approximate surface area is 133 Å². The topological polar surface area (TPSA) is 64.3 Å². The fourth-order valence-corrected chi connectivity index (χ4v) is 3.11. The molecule has 0 aliphatic heterocycles. The van der Waals surface area contributed by atoms with Gasteiger partial charge in [0.2, 0.25) is 5.91 Å². The summed E-state index contributed by atoms with van der Waals surface area (Å²) in [7, 11) is 0. The third-order valence-corrected chi connectivity index (χ3v) is 4.47. The van der Waals surface area contributed by atoms with Crippen LogP contribution in [0.3, 0.4) is 0 Å². The highest BCUT2D eigenvalue weighted by Crippen LogP contribution is 2.25. The molecule has 1 fully saturated rings. The van der Waals surface area contributed by atoms with Crippen molar-refractivity contribution in [2.75, 3.05) is 12.3 Å². The third kappa shape index (κ3) is 4.65. The third-order valence-electron chi connectivity index (χ3n) is 4.47. The number of ether oxygens (including phenoxy) is 1. The molecule has 2 atom stereocenters. The average molecular weight is 304 g/mol. The fraction of sp³-hybridized carbons (Fsp3) is 0.611. The van der Waals surface area contributed by atoms with Crippen molar-refractivity contribution in [2.24, 2.45) is 5.92 Å². The highest BCUT2D eigenvalue weighted by Gasteiger charge is 2.22. The lowest BCUT2D eigenvalue weighted by molar-refractivity contribution is -0.122. The van der Waals surface area contributed by atoms with Gasteiger partial charge in [-0.2, -0.15) is 0 Å². The number of hydrogen-bond acceptors (Lipinski definition) is 3. The van der Waals surface area contributed by atoms with Gasteiger partial charge in [-0.1, -0.05) is 25.8 Å². The molecule has 122 valence electrons. The standard InChI is InChI=1S/C18H28N2O2/c1-3-22-17-10-8-14(12-15(17)19)9-11-18(21)20-16-7-5-4-6-13(16)2/h8,10,12-13,16H,3-7,9,11,19H2,1-2H3,(H,20,21). The number of nitrogens with one attached hydrogen (secondary N) is 1. The Hall–Kier alpha value is -1.71. The van der Waals surface area contributed by atoms with Crippen molar-refractivity contribution in [1.82, 2.24) is 5.32 Å². The monoisotopic (exact) mass is 304 g/mol. The van der Waals surface area contributed by atoms with Crippen LogP contribution in [0.2, 0.25) is 0 Å². The van der Waals surface area contributed by atoms with Crippen molar-refractivity contribution in [3.63, 3.8) is 0 Å². The molecule has 0 aromatic heterocycles. The first-order valence-electron chi connectivity index (χ1n) is 8.40. The van der Waals surface area contributed by atoms with Gasteiger partial charge in [-0.05, 0) is 49.8 Å². The van der Waals surface area contributed by atoms with E-state index in [9.17, 15) is 4.79 Å². The number of carbonyl (C=O) groups is 1. The molecule has 2 rings (SSSR count). The highest BCUT2D eigenvalue weighted by molar-refractivity contribution is 5.76. The van der Waals surface area contributed by atoms with Crippen molar-refractivity contribution < 1.29 is 9.53 Å². The number of hydrogen-bond donors (Lipinski definition) is 2. The Morgan fingerprint density at radius 3 is 2.82 bits per heavy atom. The lowest BCUT2D eigenvalue weighted by Gasteiger charge is -2.29. The summed E-state index contributed by atoms with van der Waals surface area (Å²) in [6.45, 7) is 4.77. The first-order valence-corrected chi connectivity index (χ1v) is 8.40. The van der Waals surface area contributed by atoms with Crippen molar-refractivity contribution >= 4 is 11.6 Å². The molecule has 0 saturated heterocycles. The molecule has 2 unspecified atom stereocenters. The van der Waals surface area contributed by atoms with Gasteiger partial charge in [0.05, 0.1) is 12.3 Å². The van der Waals surface area contributed by atoms with Gasteiger partial charge in [0.1, 0.15) is 5.75 Å². The van der Waals surface area contributed by atoms with Gasteiger partial charge < -0.3 is 15.8 Å². The van der Waals surface area contributed by atoms with Crippen LogP contribution in [0.25, 0.3) is 0 Å². The van der Waals surface area contributed by atoms with E-state index in [1.165, 1.54) is 19.3 Å². The summed E-state index contributed by atoms with van der Waals surface area (Å²) < 4.78 is 5.43. The van der Waals surface area contributed by atoms with E-state index in [0.29, 0.717) is 42.8 Å². The molecule has 1 saturated carbocycles. The molecule has 0 spiro atoms. The van der Waals surface area contributed by atoms with E-state index in [1.807, 2.05) is 25.1 Å². The molecule has 0 bridgehead atoms. The zero-order chi connectivity index (χ0) is 15.9. The van der Waals surface area contributed by atoms with Gasteiger partial charge in [-0.25, -0.2) is 0 Å². The van der Waals surface area contributed by atoms with Crippen LogP contribution in [0, 0.1) is 5.92 Å². The molecular formula is C18H28N2O2.